The number of hydrogen-bond acceptors (Lipinski definition) is 1. The summed E-state index contributed by atoms with van der Waals surface area (Å²) in [7, 11) is 1.80. The first kappa shape index (κ1) is 11.7. The largest absolute Gasteiger partial charge is 0.377 e. The Morgan fingerprint density at radius 2 is 2.00 bits per heavy atom. The Labute approximate surface area is 76.8 Å². The molecule has 0 rings (SSSR count). The SMILES string of the molecule is CC/C=C(\C)C(OC)C(C)CC. The molecule has 0 radical (unpaired) electrons. The Morgan fingerprint density at radius 1 is 1.42 bits per heavy atom. The highest BCUT2D eigenvalue weighted by molar-refractivity contribution is 5.06. The van der Waals surface area contributed by atoms with Crippen LogP contribution in [0.25, 0.3) is 0 Å². The van der Waals surface area contributed by atoms with Gasteiger partial charge in [-0.05, 0) is 24.8 Å². The first-order chi connectivity index (χ1) is 5.67. The smallest absolute Gasteiger partial charge is 0.0803 e. The molecule has 2 unspecified atom stereocenters. The topological polar surface area (TPSA) is 9.23 Å². The van der Waals surface area contributed by atoms with Gasteiger partial charge < -0.3 is 4.74 Å². The third-order valence-electron chi connectivity index (χ3n) is 2.39. The van der Waals surface area contributed by atoms with Crippen molar-refractivity contribution >= 4 is 0 Å². The maximum Gasteiger partial charge on any atom is 0.0803 e. The average Bonchev–Trinajstić information content (AvgIpc) is 2.06. The van der Waals surface area contributed by atoms with Crippen LogP contribution in [0.3, 0.4) is 0 Å². The molecule has 0 aromatic rings. The molecule has 0 aromatic heterocycles. The maximum absolute atomic E-state index is 5.45. The fourth-order valence-electron chi connectivity index (χ4n) is 1.52. The first-order valence-corrected chi connectivity index (χ1v) is 4.86. The van der Waals surface area contributed by atoms with Gasteiger partial charge in [0, 0.05) is 7.11 Å². The highest BCUT2D eigenvalue weighted by Crippen LogP contribution is 2.18. The lowest BCUT2D eigenvalue weighted by Gasteiger charge is -2.22. The van der Waals surface area contributed by atoms with Gasteiger partial charge in [0.05, 0.1) is 6.10 Å². The summed E-state index contributed by atoms with van der Waals surface area (Å²) >= 11 is 0. The van der Waals surface area contributed by atoms with E-state index in [2.05, 4.69) is 33.8 Å². The molecule has 0 aliphatic rings. The second-order valence-electron chi connectivity index (χ2n) is 3.40. The van der Waals surface area contributed by atoms with Gasteiger partial charge in [-0.3, -0.25) is 0 Å². The molecule has 0 heterocycles. The normalized spacial score (nSPS) is 17.6. The van der Waals surface area contributed by atoms with Gasteiger partial charge in [0.15, 0.2) is 0 Å². The second-order valence-corrected chi connectivity index (χ2v) is 3.40. The van der Waals surface area contributed by atoms with Crippen LogP contribution in [0, 0.1) is 5.92 Å². The molecular formula is C11H22O. The summed E-state index contributed by atoms with van der Waals surface area (Å²) in [6.07, 6.45) is 4.84. The highest BCUT2D eigenvalue weighted by Gasteiger charge is 2.15. The van der Waals surface area contributed by atoms with Crippen molar-refractivity contribution in [2.24, 2.45) is 5.92 Å². The van der Waals surface area contributed by atoms with Crippen molar-refractivity contribution < 1.29 is 4.74 Å². The van der Waals surface area contributed by atoms with Crippen LogP contribution in [0.1, 0.15) is 40.5 Å². The van der Waals surface area contributed by atoms with Crippen LogP contribution in [0.5, 0.6) is 0 Å². The molecule has 0 N–H and O–H groups in total. The van der Waals surface area contributed by atoms with E-state index in [0.29, 0.717) is 12.0 Å². The van der Waals surface area contributed by atoms with Crippen molar-refractivity contribution in [3.05, 3.63) is 11.6 Å². The third kappa shape index (κ3) is 3.40. The predicted octanol–water partition coefficient (Wildman–Crippen LogP) is 3.40. The Hall–Kier alpha value is -0.300. The van der Waals surface area contributed by atoms with E-state index in [9.17, 15) is 0 Å². The van der Waals surface area contributed by atoms with Crippen LogP contribution in [0.15, 0.2) is 11.6 Å². The van der Waals surface area contributed by atoms with E-state index < -0.39 is 0 Å². The molecule has 0 bridgehead atoms. The monoisotopic (exact) mass is 170 g/mol. The van der Waals surface area contributed by atoms with Crippen molar-refractivity contribution in [1.82, 2.24) is 0 Å². The zero-order chi connectivity index (χ0) is 9.56. The molecule has 0 aliphatic carbocycles. The van der Waals surface area contributed by atoms with Crippen LogP contribution in [-0.4, -0.2) is 13.2 Å². The Kier molecular flexibility index (Phi) is 6.09. The molecule has 0 fully saturated rings. The molecular weight excluding hydrogens is 148 g/mol. The van der Waals surface area contributed by atoms with Gasteiger partial charge >= 0.3 is 0 Å². The lowest BCUT2D eigenvalue weighted by atomic mass is 9.95. The van der Waals surface area contributed by atoms with Crippen molar-refractivity contribution in [2.45, 2.75) is 46.6 Å². The minimum atomic E-state index is 0.315. The molecule has 72 valence electrons. The minimum absolute atomic E-state index is 0.315. The molecule has 0 saturated heterocycles. The summed E-state index contributed by atoms with van der Waals surface area (Å²) in [4.78, 5) is 0. The molecule has 0 aromatic carbocycles. The van der Waals surface area contributed by atoms with Crippen LogP contribution in [-0.2, 0) is 4.74 Å². The van der Waals surface area contributed by atoms with Gasteiger partial charge in [0.1, 0.15) is 0 Å². The lowest BCUT2D eigenvalue weighted by molar-refractivity contribution is 0.0854. The van der Waals surface area contributed by atoms with E-state index in [1.165, 1.54) is 12.0 Å². The predicted molar refractivity (Wildman–Crippen MR) is 54.3 cm³/mol. The van der Waals surface area contributed by atoms with Crippen LogP contribution >= 0.6 is 0 Å². The van der Waals surface area contributed by atoms with Gasteiger partial charge in [0.25, 0.3) is 0 Å². The van der Waals surface area contributed by atoms with E-state index >= 15 is 0 Å². The van der Waals surface area contributed by atoms with Gasteiger partial charge in [-0.15, -0.1) is 0 Å². The van der Waals surface area contributed by atoms with Gasteiger partial charge in [-0.2, -0.15) is 0 Å². The Morgan fingerprint density at radius 3 is 2.33 bits per heavy atom. The van der Waals surface area contributed by atoms with E-state index in [1.54, 1.807) is 7.11 Å². The molecule has 12 heavy (non-hydrogen) atoms. The van der Waals surface area contributed by atoms with Crippen LogP contribution in [0.4, 0.5) is 0 Å². The fourth-order valence-corrected chi connectivity index (χ4v) is 1.52. The zero-order valence-electron chi connectivity index (χ0n) is 9.05. The summed E-state index contributed by atoms with van der Waals surface area (Å²) in [5.41, 5.74) is 1.37. The molecule has 0 saturated carbocycles. The summed E-state index contributed by atoms with van der Waals surface area (Å²) in [5.74, 6) is 0.623. The van der Waals surface area contributed by atoms with Gasteiger partial charge in [-0.25, -0.2) is 0 Å². The van der Waals surface area contributed by atoms with Crippen LogP contribution in [0.2, 0.25) is 0 Å². The molecule has 0 amide bonds. The number of ether oxygens (including phenoxy) is 1. The summed E-state index contributed by atoms with van der Waals surface area (Å²) in [6, 6.07) is 0. The number of allylic oxidation sites excluding steroid dienone is 1. The number of rotatable bonds is 5. The number of hydrogen-bond donors (Lipinski definition) is 0. The minimum Gasteiger partial charge on any atom is -0.377 e. The molecule has 1 heteroatoms. The van der Waals surface area contributed by atoms with Gasteiger partial charge in [0.2, 0.25) is 0 Å². The Balaban J connectivity index is 4.23. The third-order valence-corrected chi connectivity index (χ3v) is 2.39. The summed E-state index contributed by atoms with van der Waals surface area (Å²) in [6.45, 7) is 8.76. The van der Waals surface area contributed by atoms with Crippen molar-refractivity contribution in [2.75, 3.05) is 7.11 Å². The van der Waals surface area contributed by atoms with Crippen molar-refractivity contribution in [1.29, 1.82) is 0 Å². The second kappa shape index (κ2) is 6.24. The Bertz CT molecular complexity index is 138. The molecule has 2 atom stereocenters. The maximum atomic E-state index is 5.45. The molecule has 1 nitrogen and oxygen atoms in total. The number of methoxy groups -OCH3 is 1. The molecule has 0 spiro atoms. The summed E-state index contributed by atoms with van der Waals surface area (Å²) < 4.78 is 5.45. The van der Waals surface area contributed by atoms with E-state index in [0.717, 1.165) is 6.42 Å². The van der Waals surface area contributed by atoms with E-state index in [-0.39, 0.29) is 0 Å². The fraction of sp³-hybridized carbons (Fsp3) is 0.818. The van der Waals surface area contributed by atoms with Crippen molar-refractivity contribution in [3.8, 4) is 0 Å². The zero-order valence-corrected chi connectivity index (χ0v) is 9.05. The van der Waals surface area contributed by atoms with Crippen LogP contribution < -0.4 is 0 Å². The summed E-state index contributed by atoms with van der Waals surface area (Å²) in [5, 5.41) is 0. The van der Waals surface area contributed by atoms with Gasteiger partial charge in [-0.1, -0.05) is 33.3 Å². The highest BCUT2D eigenvalue weighted by atomic mass is 16.5. The molecule has 0 aliphatic heterocycles. The lowest BCUT2D eigenvalue weighted by Crippen LogP contribution is -2.21. The first-order valence-electron chi connectivity index (χ1n) is 4.86. The van der Waals surface area contributed by atoms with E-state index in [1.807, 2.05) is 0 Å². The van der Waals surface area contributed by atoms with Crippen molar-refractivity contribution in [3.63, 3.8) is 0 Å². The standard InChI is InChI=1S/C11H22O/c1-6-8-10(4)11(12-5)9(3)7-2/h8-9,11H,6-7H2,1-5H3/b10-8+. The van der Waals surface area contributed by atoms with E-state index in [4.69, 9.17) is 4.74 Å². The average molecular weight is 170 g/mol. The quantitative estimate of drug-likeness (QED) is 0.575.